The Morgan fingerprint density at radius 2 is 2.00 bits per heavy atom. The lowest BCUT2D eigenvalue weighted by Gasteiger charge is -2.35. The lowest BCUT2D eigenvalue weighted by molar-refractivity contribution is -0.154. The first-order chi connectivity index (χ1) is 9.22. The molecule has 1 aromatic rings. The zero-order chi connectivity index (χ0) is 13.4. The Balaban J connectivity index is 1.98. The largest absolute Gasteiger partial charge is 0.467 e. The second-order valence-corrected chi connectivity index (χ2v) is 5.18. The van der Waals surface area contributed by atoms with Crippen LogP contribution in [0.3, 0.4) is 0 Å². The van der Waals surface area contributed by atoms with Crippen LogP contribution in [0, 0.1) is 5.92 Å². The highest BCUT2D eigenvalue weighted by molar-refractivity contribution is 5.88. The summed E-state index contributed by atoms with van der Waals surface area (Å²) in [5.41, 5.74) is 2.05. The number of nitrogens with zero attached hydrogens (tertiary/aromatic N) is 1. The van der Waals surface area contributed by atoms with Crippen LogP contribution >= 0.6 is 0 Å². The zero-order valence-electron chi connectivity index (χ0n) is 11.0. The molecule has 1 aliphatic heterocycles. The summed E-state index contributed by atoms with van der Waals surface area (Å²) in [5, 5.41) is 0. The third-order valence-electron chi connectivity index (χ3n) is 3.92. The molecule has 0 aromatic heterocycles. The maximum atomic E-state index is 12.3. The third kappa shape index (κ3) is 2.11. The van der Waals surface area contributed by atoms with Crippen LogP contribution in [-0.2, 0) is 20.7 Å². The molecular formula is C15H17NO3. The quantitative estimate of drug-likeness (QED) is 0.759. The number of carbonyl (C=O) groups is 2. The fraction of sp³-hybridized carbons (Fsp3) is 0.467. The highest BCUT2D eigenvalue weighted by atomic mass is 16.5. The number of rotatable bonds is 2. The van der Waals surface area contributed by atoms with E-state index in [0.717, 1.165) is 30.4 Å². The van der Waals surface area contributed by atoms with Gasteiger partial charge >= 0.3 is 5.97 Å². The first-order valence-electron chi connectivity index (χ1n) is 6.68. The number of amides is 1. The highest BCUT2D eigenvalue weighted by Gasteiger charge is 2.41. The maximum absolute atomic E-state index is 12.3. The van der Waals surface area contributed by atoms with Gasteiger partial charge in [-0.25, -0.2) is 4.79 Å². The number of methoxy groups -OCH3 is 1. The SMILES string of the molecule is COC(=O)[C@@H]1c2ccccc2CCN1C(=O)C1CC1. The van der Waals surface area contributed by atoms with E-state index in [1.54, 1.807) is 4.90 Å². The number of hydrogen-bond donors (Lipinski definition) is 0. The number of esters is 1. The van der Waals surface area contributed by atoms with E-state index >= 15 is 0 Å². The minimum atomic E-state index is -0.567. The van der Waals surface area contributed by atoms with Crippen LogP contribution in [0.2, 0.25) is 0 Å². The van der Waals surface area contributed by atoms with Gasteiger partial charge in [-0.2, -0.15) is 0 Å². The van der Waals surface area contributed by atoms with Crippen LogP contribution in [0.4, 0.5) is 0 Å². The molecule has 1 saturated carbocycles. The molecular weight excluding hydrogens is 242 g/mol. The van der Waals surface area contributed by atoms with Crippen LogP contribution in [0.25, 0.3) is 0 Å². The Morgan fingerprint density at radius 1 is 1.26 bits per heavy atom. The Labute approximate surface area is 112 Å². The second-order valence-electron chi connectivity index (χ2n) is 5.18. The van der Waals surface area contributed by atoms with E-state index in [4.69, 9.17) is 4.74 Å². The summed E-state index contributed by atoms with van der Waals surface area (Å²) < 4.78 is 4.89. The Morgan fingerprint density at radius 3 is 2.68 bits per heavy atom. The summed E-state index contributed by atoms with van der Waals surface area (Å²) in [7, 11) is 1.37. The van der Waals surface area contributed by atoms with Crippen molar-refractivity contribution in [2.24, 2.45) is 5.92 Å². The summed E-state index contributed by atoms with van der Waals surface area (Å²) in [6, 6.07) is 7.24. The average molecular weight is 259 g/mol. The van der Waals surface area contributed by atoms with Gasteiger partial charge in [-0.15, -0.1) is 0 Å². The first-order valence-corrected chi connectivity index (χ1v) is 6.68. The fourth-order valence-corrected chi connectivity index (χ4v) is 2.73. The highest BCUT2D eigenvalue weighted by Crippen LogP contribution is 2.37. The van der Waals surface area contributed by atoms with E-state index in [1.165, 1.54) is 7.11 Å². The molecule has 0 spiro atoms. The second kappa shape index (κ2) is 4.68. The van der Waals surface area contributed by atoms with Crippen LogP contribution in [0.15, 0.2) is 24.3 Å². The van der Waals surface area contributed by atoms with Crippen molar-refractivity contribution in [3.63, 3.8) is 0 Å². The molecule has 0 saturated heterocycles. The van der Waals surface area contributed by atoms with E-state index in [1.807, 2.05) is 24.3 Å². The Bertz CT molecular complexity index is 522. The number of hydrogen-bond acceptors (Lipinski definition) is 3. The van der Waals surface area contributed by atoms with Gasteiger partial charge in [0.05, 0.1) is 7.11 Å². The van der Waals surface area contributed by atoms with Gasteiger partial charge in [-0.05, 0) is 30.4 Å². The molecule has 3 rings (SSSR count). The number of carbonyl (C=O) groups excluding carboxylic acids is 2. The first kappa shape index (κ1) is 12.2. The van der Waals surface area contributed by atoms with Crippen molar-refractivity contribution in [3.8, 4) is 0 Å². The molecule has 0 bridgehead atoms. The van der Waals surface area contributed by atoms with Gasteiger partial charge < -0.3 is 9.64 Å². The molecule has 1 aromatic carbocycles. The molecule has 1 amide bonds. The van der Waals surface area contributed by atoms with Crippen molar-refractivity contribution in [3.05, 3.63) is 35.4 Å². The molecule has 1 aliphatic carbocycles. The molecule has 4 nitrogen and oxygen atoms in total. The van der Waals surface area contributed by atoms with Crippen molar-refractivity contribution in [1.82, 2.24) is 4.90 Å². The monoisotopic (exact) mass is 259 g/mol. The molecule has 4 heteroatoms. The van der Waals surface area contributed by atoms with Crippen LogP contribution < -0.4 is 0 Å². The number of benzene rings is 1. The smallest absolute Gasteiger partial charge is 0.333 e. The van der Waals surface area contributed by atoms with E-state index in [0.29, 0.717) is 6.54 Å². The van der Waals surface area contributed by atoms with E-state index < -0.39 is 6.04 Å². The zero-order valence-corrected chi connectivity index (χ0v) is 11.0. The van der Waals surface area contributed by atoms with E-state index in [2.05, 4.69) is 0 Å². The lowest BCUT2D eigenvalue weighted by Crippen LogP contribution is -2.44. The standard InChI is InChI=1S/C15H17NO3/c1-19-15(18)13-12-5-3-2-4-10(12)8-9-16(13)14(17)11-6-7-11/h2-5,11,13H,6-9H2,1H3/t13-/m0/s1. The van der Waals surface area contributed by atoms with Crippen molar-refractivity contribution >= 4 is 11.9 Å². The van der Waals surface area contributed by atoms with Gasteiger partial charge in [0.2, 0.25) is 5.91 Å². The number of ether oxygens (including phenoxy) is 1. The van der Waals surface area contributed by atoms with Gasteiger partial charge in [0.15, 0.2) is 6.04 Å². The molecule has 2 aliphatic rings. The summed E-state index contributed by atoms with van der Waals surface area (Å²) in [5.74, 6) is -0.122. The lowest BCUT2D eigenvalue weighted by atomic mass is 9.92. The maximum Gasteiger partial charge on any atom is 0.333 e. The van der Waals surface area contributed by atoms with Gasteiger partial charge in [0.25, 0.3) is 0 Å². The molecule has 1 fully saturated rings. The molecule has 0 unspecified atom stereocenters. The minimum Gasteiger partial charge on any atom is -0.467 e. The van der Waals surface area contributed by atoms with Gasteiger partial charge in [-0.1, -0.05) is 24.3 Å². The van der Waals surface area contributed by atoms with Gasteiger partial charge in [0, 0.05) is 12.5 Å². The third-order valence-corrected chi connectivity index (χ3v) is 3.92. The molecule has 100 valence electrons. The molecule has 19 heavy (non-hydrogen) atoms. The number of fused-ring (bicyclic) bond motifs is 1. The topological polar surface area (TPSA) is 46.6 Å². The summed E-state index contributed by atoms with van der Waals surface area (Å²) in [4.78, 5) is 26.1. The summed E-state index contributed by atoms with van der Waals surface area (Å²) >= 11 is 0. The van der Waals surface area contributed by atoms with Crippen molar-refractivity contribution < 1.29 is 14.3 Å². The molecule has 0 radical (unpaired) electrons. The summed E-state index contributed by atoms with van der Waals surface area (Å²) in [6.45, 7) is 0.603. The van der Waals surface area contributed by atoms with Gasteiger partial charge in [-0.3, -0.25) is 4.79 Å². The molecule has 1 heterocycles. The fourth-order valence-electron chi connectivity index (χ4n) is 2.73. The predicted molar refractivity (Wildman–Crippen MR) is 69.3 cm³/mol. The Kier molecular flexibility index (Phi) is 3.01. The van der Waals surface area contributed by atoms with Crippen molar-refractivity contribution in [1.29, 1.82) is 0 Å². The van der Waals surface area contributed by atoms with Crippen LogP contribution in [0.1, 0.15) is 30.0 Å². The molecule has 1 atom stereocenters. The Hall–Kier alpha value is -1.84. The minimum absolute atomic E-state index is 0.102. The molecule has 0 N–H and O–H groups in total. The average Bonchev–Trinajstić information content (AvgIpc) is 3.29. The van der Waals surface area contributed by atoms with E-state index in [9.17, 15) is 9.59 Å². The van der Waals surface area contributed by atoms with Crippen LogP contribution in [-0.4, -0.2) is 30.4 Å². The van der Waals surface area contributed by atoms with Crippen molar-refractivity contribution in [2.45, 2.75) is 25.3 Å². The normalized spacial score (nSPS) is 21.7. The van der Waals surface area contributed by atoms with E-state index in [-0.39, 0.29) is 17.8 Å². The predicted octanol–water partition coefficient (Wildman–Crippen LogP) is 1.70. The van der Waals surface area contributed by atoms with Crippen LogP contribution in [0.5, 0.6) is 0 Å². The summed E-state index contributed by atoms with van der Waals surface area (Å²) in [6.07, 6.45) is 2.71. The van der Waals surface area contributed by atoms with Crippen molar-refractivity contribution in [2.75, 3.05) is 13.7 Å². The van der Waals surface area contributed by atoms with Gasteiger partial charge in [0.1, 0.15) is 0 Å².